The third kappa shape index (κ3) is 2.94. The molecule has 1 fully saturated rings. The van der Waals surface area contributed by atoms with Crippen molar-refractivity contribution in [2.75, 3.05) is 32.7 Å². The zero-order valence-electron chi connectivity index (χ0n) is 11.5. The largest absolute Gasteiger partial charge is 0.329 e. The van der Waals surface area contributed by atoms with Gasteiger partial charge in [0, 0.05) is 30.6 Å². The van der Waals surface area contributed by atoms with Crippen LogP contribution in [0.4, 0.5) is 0 Å². The molecule has 0 aliphatic carbocycles. The molecule has 102 valence electrons. The van der Waals surface area contributed by atoms with Gasteiger partial charge in [0.1, 0.15) is 0 Å². The Balaban J connectivity index is 1.99. The van der Waals surface area contributed by atoms with E-state index in [1.807, 2.05) is 11.3 Å². The minimum absolute atomic E-state index is 0.422. The molecule has 1 aromatic heterocycles. The van der Waals surface area contributed by atoms with Gasteiger partial charge < -0.3 is 5.73 Å². The summed E-state index contributed by atoms with van der Waals surface area (Å²) in [5, 5.41) is 2.15. The van der Waals surface area contributed by atoms with E-state index in [4.69, 9.17) is 5.73 Å². The molecule has 3 nitrogen and oxygen atoms in total. The van der Waals surface area contributed by atoms with Gasteiger partial charge in [0.15, 0.2) is 0 Å². The molecule has 18 heavy (non-hydrogen) atoms. The minimum atomic E-state index is 0.422. The van der Waals surface area contributed by atoms with Crippen LogP contribution in [-0.2, 0) is 0 Å². The van der Waals surface area contributed by atoms with E-state index in [9.17, 15) is 0 Å². The number of nitrogens with two attached hydrogens (primary N) is 1. The first-order valence-corrected chi connectivity index (χ1v) is 7.89. The molecule has 2 unspecified atom stereocenters. The fourth-order valence-electron chi connectivity index (χ4n) is 3.02. The normalized spacial score (nSPS) is 22.8. The fraction of sp³-hybridized carbons (Fsp3) is 0.714. The Labute approximate surface area is 115 Å². The summed E-state index contributed by atoms with van der Waals surface area (Å²) in [5.74, 6) is 0. The van der Waals surface area contributed by atoms with Gasteiger partial charge in [-0.25, -0.2) is 0 Å². The summed E-state index contributed by atoms with van der Waals surface area (Å²) in [6.07, 6.45) is 1.28. The lowest BCUT2D eigenvalue weighted by molar-refractivity contribution is 0.191. The maximum atomic E-state index is 5.98. The topological polar surface area (TPSA) is 32.5 Å². The first-order chi connectivity index (χ1) is 8.80. The third-order valence-electron chi connectivity index (χ3n) is 4.06. The van der Waals surface area contributed by atoms with Crippen LogP contribution in [-0.4, -0.2) is 48.6 Å². The van der Waals surface area contributed by atoms with E-state index in [1.165, 1.54) is 24.4 Å². The molecular weight excluding hydrogens is 242 g/mol. The zero-order chi connectivity index (χ0) is 13.0. The Morgan fingerprint density at radius 1 is 1.50 bits per heavy atom. The van der Waals surface area contributed by atoms with Crippen LogP contribution in [0, 0.1) is 0 Å². The second-order valence-electron chi connectivity index (χ2n) is 4.93. The predicted octanol–water partition coefficient (Wildman–Crippen LogP) is 2.16. The molecule has 1 aliphatic rings. The van der Waals surface area contributed by atoms with E-state index in [0.717, 1.165) is 19.6 Å². The number of thiophene rings is 1. The summed E-state index contributed by atoms with van der Waals surface area (Å²) in [4.78, 5) is 6.55. The van der Waals surface area contributed by atoms with Crippen molar-refractivity contribution >= 4 is 11.3 Å². The van der Waals surface area contributed by atoms with E-state index in [1.54, 1.807) is 0 Å². The Morgan fingerprint density at radius 3 is 2.83 bits per heavy atom. The van der Waals surface area contributed by atoms with Crippen LogP contribution in [0.5, 0.6) is 0 Å². The van der Waals surface area contributed by atoms with Crippen molar-refractivity contribution in [3.05, 3.63) is 22.4 Å². The first-order valence-electron chi connectivity index (χ1n) is 7.01. The van der Waals surface area contributed by atoms with Gasteiger partial charge in [-0.15, -0.1) is 11.3 Å². The average Bonchev–Trinajstić information content (AvgIpc) is 3.04. The SMILES string of the molecule is CCN(CC)C1CCN(C(CN)c2cccs2)C1. The van der Waals surface area contributed by atoms with E-state index >= 15 is 0 Å². The minimum Gasteiger partial charge on any atom is -0.329 e. The molecule has 1 aromatic rings. The van der Waals surface area contributed by atoms with Crippen LogP contribution in [0.15, 0.2) is 17.5 Å². The van der Waals surface area contributed by atoms with Crippen molar-refractivity contribution in [1.82, 2.24) is 9.80 Å². The van der Waals surface area contributed by atoms with Crippen LogP contribution in [0.2, 0.25) is 0 Å². The van der Waals surface area contributed by atoms with Gasteiger partial charge in [-0.1, -0.05) is 19.9 Å². The summed E-state index contributed by atoms with van der Waals surface area (Å²) >= 11 is 1.83. The van der Waals surface area contributed by atoms with E-state index in [-0.39, 0.29) is 0 Å². The molecule has 0 bridgehead atoms. The summed E-state index contributed by atoms with van der Waals surface area (Å²) in [5.41, 5.74) is 5.98. The van der Waals surface area contributed by atoms with Gasteiger partial charge in [-0.3, -0.25) is 9.80 Å². The molecule has 4 heteroatoms. The highest BCUT2D eigenvalue weighted by Gasteiger charge is 2.31. The Kier molecular flexibility index (Phi) is 5.18. The standard InChI is InChI=1S/C14H25N3S/c1-3-16(4-2)12-7-8-17(11-12)13(10-15)14-6-5-9-18-14/h5-6,9,12-13H,3-4,7-8,10-11,15H2,1-2H3. The Bertz CT molecular complexity index is 335. The van der Waals surface area contributed by atoms with Crippen molar-refractivity contribution < 1.29 is 0 Å². The molecule has 0 aromatic carbocycles. The molecule has 2 N–H and O–H groups in total. The molecular formula is C14H25N3S. The number of rotatable bonds is 6. The average molecular weight is 267 g/mol. The predicted molar refractivity (Wildman–Crippen MR) is 79.0 cm³/mol. The van der Waals surface area contributed by atoms with Crippen LogP contribution in [0.3, 0.4) is 0 Å². The van der Waals surface area contributed by atoms with Gasteiger partial charge in [0.2, 0.25) is 0 Å². The van der Waals surface area contributed by atoms with E-state index < -0.39 is 0 Å². The highest BCUT2D eigenvalue weighted by molar-refractivity contribution is 7.10. The maximum absolute atomic E-state index is 5.98. The van der Waals surface area contributed by atoms with Crippen molar-refractivity contribution in [2.24, 2.45) is 5.73 Å². The quantitative estimate of drug-likeness (QED) is 0.857. The molecule has 0 spiro atoms. The molecule has 1 saturated heterocycles. The highest BCUT2D eigenvalue weighted by atomic mass is 32.1. The molecule has 2 heterocycles. The molecule has 2 atom stereocenters. The molecule has 1 aliphatic heterocycles. The van der Waals surface area contributed by atoms with Gasteiger partial charge in [-0.05, 0) is 31.0 Å². The highest BCUT2D eigenvalue weighted by Crippen LogP contribution is 2.28. The lowest BCUT2D eigenvalue weighted by Crippen LogP contribution is -2.39. The fourth-order valence-corrected chi connectivity index (χ4v) is 3.89. The monoisotopic (exact) mass is 267 g/mol. The van der Waals surface area contributed by atoms with Gasteiger partial charge in [-0.2, -0.15) is 0 Å². The summed E-state index contributed by atoms with van der Waals surface area (Å²) in [6.45, 7) is 9.90. The smallest absolute Gasteiger partial charge is 0.0564 e. The van der Waals surface area contributed by atoms with Crippen LogP contribution >= 0.6 is 11.3 Å². The lowest BCUT2D eigenvalue weighted by Gasteiger charge is -2.29. The van der Waals surface area contributed by atoms with E-state index in [0.29, 0.717) is 12.1 Å². The second kappa shape index (κ2) is 6.66. The Morgan fingerprint density at radius 2 is 2.28 bits per heavy atom. The van der Waals surface area contributed by atoms with E-state index in [2.05, 4.69) is 41.2 Å². The maximum Gasteiger partial charge on any atom is 0.0564 e. The van der Waals surface area contributed by atoms with Gasteiger partial charge in [0.05, 0.1) is 6.04 Å². The van der Waals surface area contributed by atoms with Crippen LogP contribution in [0.1, 0.15) is 31.2 Å². The van der Waals surface area contributed by atoms with Crippen LogP contribution < -0.4 is 5.73 Å². The van der Waals surface area contributed by atoms with Crippen molar-refractivity contribution in [3.8, 4) is 0 Å². The Hall–Kier alpha value is -0.420. The number of likely N-dealkylation sites (N-methyl/N-ethyl adjacent to an activating group) is 1. The first kappa shape index (κ1) is 14.0. The van der Waals surface area contributed by atoms with Crippen molar-refractivity contribution in [2.45, 2.75) is 32.4 Å². The van der Waals surface area contributed by atoms with Crippen LogP contribution in [0.25, 0.3) is 0 Å². The van der Waals surface area contributed by atoms with Gasteiger partial charge in [0.25, 0.3) is 0 Å². The zero-order valence-corrected chi connectivity index (χ0v) is 12.3. The second-order valence-corrected chi connectivity index (χ2v) is 5.90. The third-order valence-corrected chi connectivity index (χ3v) is 5.03. The lowest BCUT2D eigenvalue weighted by atomic mass is 10.2. The summed E-state index contributed by atoms with van der Waals surface area (Å²) in [6, 6.07) is 5.48. The van der Waals surface area contributed by atoms with Crippen molar-refractivity contribution in [3.63, 3.8) is 0 Å². The summed E-state index contributed by atoms with van der Waals surface area (Å²) in [7, 11) is 0. The molecule has 0 radical (unpaired) electrons. The summed E-state index contributed by atoms with van der Waals surface area (Å²) < 4.78 is 0. The van der Waals surface area contributed by atoms with Gasteiger partial charge >= 0.3 is 0 Å². The molecule has 2 rings (SSSR count). The number of hydrogen-bond acceptors (Lipinski definition) is 4. The number of likely N-dealkylation sites (tertiary alicyclic amines) is 1. The number of nitrogens with zero attached hydrogens (tertiary/aromatic N) is 2. The molecule has 0 saturated carbocycles. The number of hydrogen-bond donors (Lipinski definition) is 1. The molecule has 0 amide bonds. The van der Waals surface area contributed by atoms with Crippen molar-refractivity contribution in [1.29, 1.82) is 0 Å².